The topological polar surface area (TPSA) is 98.7 Å². The third-order valence-electron chi connectivity index (χ3n) is 6.20. The van der Waals surface area contributed by atoms with E-state index >= 15 is 0 Å². The summed E-state index contributed by atoms with van der Waals surface area (Å²) in [5.74, 6) is -1.56. The first-order chi connectivity index (χ1) is 18.0. The van der Waals surface area contributed by atoms with Crippen molar-refractivity contribution < 1.29 is 35.7 Å². The van der Waals surface area contributed by atoms with Crippen LogP contribution in [0.2, 0.25) is 0 Å². The Balaban J connectivity index is 1.20. The Morgan fingerprint density at radius 3 is 2.45 bits per heavy atom. The summed E-state index contributed by atoms with van der Waals surface area (Å²) in [6.45, 7) is -2.75. The van der Waals surface area contributed by atoms with Gasteiger partial charge in [-0.3, -0.25) is 4.79 Å². The molecule has 0 aliphatic heterocycles. The Labute approximate surface area is 210 Å². The van der Waals surface area contributed by atoms with Gasteiger partial charge in [0.05, 0.1) is 12.6 Å². The molecular formula is C24H18F6N6O2. The average Bonchev–Trinajstić information content (AvgIpc) is 3.34. The van der Waals surface area contributed by atoms with E-state index in [4.69, 9.17) is 4.52 Å². The third-order valence-corrected chi connectivity index (χ3v) is 6.20. The second-order valence-corrected chi connectivity index (χ2v) is 8.86. The van der Waals surface area contributed by atoms with Crippen molar-refractivity contribution in [2.24, 2.45) is 0 Å². The molecule has 0 unspecified atom stereocenters. The maximum atomic E-state index is 14.7. The van der Waals surface area contributed by atoms with Crippen LogP contribution in [0.15, 0.2) is 53.6 Å². The molecule has 198 valence electrons. The quantitative estimate of drug-likeness (QED) is 0.310. The van der Waals surface area contributed by atoms with E-state index in [9.17, 15) is 31.1 Å². The minimum absolute atomic E-state index is 0.0532. The van der Waals surface area contributed by atoms with Crippen molar-refractivity contribution in [3.05, 3.63) is 77.6 Å². The lowest BCUT2D eigenvalue weighted by molar-refractivity contribution is -0.165. The first-order valence-corrected chi connectivity index (χ1v) is 11.3. The van der Waals surface area contributed by atoms with E-state index in [1.807, 2.05) is 0 Å². The van der Waals surface area contributed by atoms with Gasteiger partial charge in [-0.1, -0.05) is 17.3 Å². The fraction of sp³-hybridized carbons (Fsp3) is 0.292. The second-order valence-electron chi connectivity index (χ2n) is 8.86. The second kappa shape index (κ2) is 9.58. The Bertz CT molecular complexity index is 1460. The average molecular weight is 536 g/mol. The van der Waals surface area contributed by atoms with E-state index in [1.54, 1.807) is 6.07 Å². The summed E-state index contributed by atoms with van der Waals surface area (Å²) in [4.78, 5) is 20.7. The standard InChI is InChI=1S/C24H18F6N6O2/c25-17-6-14(16-10-31-19(32-11-16)5-13-9-33-36(12-13)22(26)27)1-2-15(17)7-21(37)34-20-8-18(38-35-20)23(3-4-23)24(28,29)30/h1-2,6,8-12,22H,3-5,7H2,(H,34,35,37). The van der Waals surface area contributed by atoms with Gasteiger partial charge in [0.2, 0.25) is 5.91 Å². The van der Waals surface area contributed by atoms with Gasteiger partial charge < -0.3 is 9.84 Å². The number of anilines is 1. The number of amides is 1. The zero-order valence-corrected chi connectivity index (χ0v) is 19.3. The molecule has 0 bridgehead atoms. The van der Waals surface area contributed by atoms with E-state index in [0.29, 0.717) is 27.2 Å². The maximum absolute atomic E-state index is 14.7. The van der Waals surface area contributed by atoms with Crippen LogP contribution in [0.25, 0.3) is 11.1 Å². The molecule has 4 aromatic rings. The number of carbonyl (C=O) groups excluding carboxylic acids is 1. The predicted molar refractivity (Wildman–Crippen MR) is 120 cm³/mol. The zero-order chi connectivity index (χ0) is 27.1. The Kier molecular flexibility index (Phi) is 6.41. The van der Waals surface area contributed by atoms with Crippen LogP contribution in [0.3, 0.4) is 0 Å². The molecule has 0 atom stereocenters. The highest BCUT2D eigenvalue weighted by Crippen LogP contribution is 2.59. The number of alkyl halides is 5. The lowest BCUT2D eigenvalue weighted by Crippen LogP contribution is -2.28. The summed E-state index contributed by atoms with van der Waals surface area (Å²) in [6.07, 6.45) is 0.480. The number of nitrogens with zero attached hydrogens (tertiary/aromatic N) is 5. The van der Waals surface area contributed by atoms with Crippen LogP contribution in [-0.4, -0.2) is 37.0 Å². The van der Waals surface area contributed by atoms with Crippen LogP contribution in [0.5, 0.6) is 0 Å². The van der Waals surface area contributed by atoms with Crippen molar-refractivity contribution in [2.45, 2.75) is 43.8 Å². The van der Waals surface area contributed by atoms with E-state index in [2.05, 4.69) is 25.5 Å². The first kappa shape index (κ1) is 25.4. The highest BCUT2D eigenvalue weighted by Gasteiger charge is 2.66. The molecule has 0 spiro atoms. The Hall–Kier alpha value is -4.23. The van der Waals surface area contributed by atoms with Crippen LogP contribution < -0.4 is 5.32 Å². The molecule has 38 heavy (non-hydrogen) atoms. The van der Waals surface area contributed by atoms with Crippen molar-refractivity contribution in [1.29, 1.82) is 0 Å². The molecule has 1 N–H and O–H groups in total. The summed E-state index contributed by atoms with van der Waals surface area (Å²) in [5, 5.41) is 9.36. The SMILES string of the molecule is O=C(Cc1ccc(-c2cnc(Cc3cnn(C(F)F)c3)nc2)cc1F)Nc1cc(C2(C(F)(F)F)CC2)on1. The van der Waals surface area contributed by atoms with Gasteiger partial charge in [0.15, 0.2) is 11.6 Å². The molecule has 1 amide bonds. The van der Waals surface area contributed by atoms with Gasteiger partial charge in [-0.25, -0.2) is 19.0 Å². The molecule has 0 radical (unpaired) electrons. The zero-order valence-electron chi connectivity index (χ0n) is 19.3. The summed E-state index contributed by atoms with van der Waals surface area (Å²) >= 11 is 0. The van der Waals surface area contributed by atoms with Crippen LogP contribution in [-0.2, 0) is 23.1 Å². The highest BCUT2D eigenvalue weighted by atomic mass is 19.4. The third kappa shape index (κ3) is 5.10. The molecule has 1 fully saturated rings. The Morgan fingerprint density at radius 1 is 1.11 bits per heavy atom. The van der Waals surface area contributed by atoms with Crippen LogP contribution >= 0.6 is 0 Å². The number of rotatable bonds is 8. The predicted octanol–water partition coefficient (Wildman–Crippen LogP) is 5.23. The van der Waals surface area contributed by atoms with Crippen molar-refractivity contribution in [3.8, 4) is 11.1 Å². The highest BCUT2D eigenvalue weighted by molar-refractivity contribution is 5.91. The number of nitrogens with one attached hydrogen (secondary N) is 1. The minimum Gasteiger partial charge on any atom is -0.358 e. The number of carbonyl (C=O) groups is 1. The smallest absolute Gasteiger partial charge is 0.358 e. The molecule has 3 heterocycles. The van der Waals surface area contributed by atoms with Gasteiger partial charge in [-0.05, 0) is 35.6 Å². The monoisotopic (exact) mass is 536 g/mol. The molecule has 1 aromatic carbocycles. The molecule has 3 aromatic heterocycles. The van der Waals surface area contributed by atoms with Gasteiger partial charge in [0.25, 0.3) is 0 Å². The molecule has 5 rings (SSSR count). The summed E-state index contributed by atoms with van der Waals surface area (Å²) < 4.78 is 85.0. The van der Waals surface area contributed by atoms with E-state index in [-0.39, 0.29) is 42.8 Å². The number of benzene rings is 1. The molecule has 0 saturated heterocycles. The largest absolute Gasteiger partial charge is 0.401 e. The number of halogens is 6. The van der Waals surface area contributed by atoms with Crippen LogP contribution in [0.4, 0.5) is 32.2 Å². The van der Waals surface area contributed by atoms with E-state index < -0.39 is 29.9 Å². The fourth-order valence-electron chi connectivity index (χ4n) is 3.94. The van der Waals surface area contributed by atoms with Crippen molar-refractivity contribution >= 4 is 11.7 Å². The first-order valence-electron chi connectivity index (χ1n) is 11.3. The molecular weight excluding hydrogens is 518 g/mol. The number of hydrogen-bond donors (Lipinski definition) is 1. The van der Waals surface area contributed by atoms with Gasteiger partial charge in [0.1, 0.15) is 17.1 Å². The molecule has 1 aliphatic carbocycles. The summed E-state index contributed by atoms with van der Waals surface area (Å²) in [6, 6.07) is 5.19. The fourth-order valence-corrected chi connectivity index (χ4v) is 3.94. The molecule has 14 heteroatoms. The van der Waals surface area contributed by atoms with E-state index in [0.717, 1.165) is 6.07 Å². The molecule has 8 nitrogen and oxygen atoms in total. The minimum atomic E-state index is -4.48. The van der Waals surface area contributed by atoms with Crippen LogP contribution in [0, 0.1) is 5.82 Å². The summed E-state index contributed by atoms with van der Waals surface area (Å²) in [5.41, 5.74) is -0.587. The normalized spacial score (nSPS) is 14.6. The van der Waals surface area contributed by atoms with Crippen molar-refractivity contribution in [2.75, 3.05) is 5.32 Å². The van der Waals surface area contributed by atoms with Gasteiger partial charge in [-0.15, -0.1) is 0 Å². The Morgan fingerprint density at radius 2 is 1.84 bits per heavy atom. The summed E-state index contributed by atoms with van der Waals surface area (Å²) in [7, 11) is 0. The van der Waals surface area contributed by atoms with Crippen molar-refractivity contribution in [1.82, 2.24) is 24.9 Å². The van der Waals surface area contributed by atoms with Gasteiger partial charge in [-0.2, -0.15) is 27.1 Å². The maximum Gasteiger partial charge on any atom is 0.401 e. The van der Waals surface area contributed by atoms with Crippen molar-refractivity contribution in [3.63, 3.8) is 0 Å². The number of aromatic nitrogens is 5. The molecule has 1 aliphatic rings. The van der Waals surface area contributed by atoms with Crippen LogP contribution in [0.1, 0.15) is 42.1 Å². The van der Waals surface area contributed by atoms with Gasteiger partial charge >= 0.3 is 12.7 Å². The molecule has 1 saturated carbocycles. The van der Waals surface area contributed by atoms with Gasteiger partial charge in [0, 0.05) is 36.6 Å². The van der Waals surface area contributed by atoms with E-state index in [1.165, 1.54) is 36.9 Å². The lowest BCUT2D eigenvalue weighted by Gasteiger charge is -2.14. The number of hydrogen-bond acceptors (Lipinski definition) is 6. The lowest BCUT2D eigenvalue weighted by atomic mass is 10.0.